The first kappa shape index (κ1) is 20.1. The number of carbonyl (C=O) groups excluding carboxylic acids is 2. The monoisotopic (exact) mass is 428 g/mol. The first-order chi connectivity index (χ1) is 15.6. The second-order valence-corrected chi connectivity index (χ2v) is 7.94. The molecule has 2 aliphatic heterocycles. The van der Waals surface area contributed by atoms with Crippen molar-refractivity contribution in [2.45, 2.75) is 26.3 Å². The highest BCUT2D eigenvalue weighted by Gasteiger charge is 2.23. The van der Waals surface area contributed by atoms with Crippen LogP contribution in [0.3, 0.4) is 0 Å². The highest BCUT2D eigenvalue weighted by molar-refractivity contribution is 5.96. The van der Waals surface area contributed by atoms with Crippen molar-refractivity contribution < 1.29 is 19.1 Å². The first-order valence-electron chi connectivity index (χ1n) is 10.8. The zero-order chi connectivity index (χ0) is 22.1. The van der Waals surface area contributed by atoms with Gasteiger partial charge in [0.05, 0.1) is 0 Å². The summed E-state index contributed by atoms with van der Waals surface area (Å²) in [6, 6.07) is 19.5. The van der Waals surface area contributed by atoms with Crippen LogP contribution < -0.4 is 19.7 Å². The van der Waals surface area contributed by atoms with Gasteiger partial charge in [-0.1, -0.05) is 31.2 Å². The third-order valence-electron chi connectivity index (χ3n) is 5.95. The SMILES string of the molecule is CCC(=O)N1CCc2cc(-c3ccc(C(=O)NCc4ccc5c(c4)OCO5)cc3)ccc21. The van der Waals surface area contributed by atoms with Crippen LogP contribution in [0.1, 0.15) is 34.8 Å². The van der Waals surface area contributed by atoms with Gasteiger partial charge in [-0.25, -0.2) is 0 Å². The lowest BCUT2D eigenvalue weighted by atomic mass is 10.0. The quantitative estimate of drug-likeness (QED) is 0.658. The van der Waals surface area contributed by atoms with Crippen molar-refractivity contribution in [1.82, 2.24) is 5.32 Å². The van der Waals surface area contributed by atoms with E-state index in [1.54, 1.807) is 0 Å². The topological polar surface area (TPSA) is 67.9 Å². The van der Waals surface area contributed by atoms with E-state index in [2.05, 4.69) is 11.4 Å². The van der Waals surface area contributed by atoms with Crippen LogP contribution in [0.15, 0.2) is 60.7 Å². The lowest BCUT2D eigenvalue weighted by Crippen LogP contribution is -2.27. The van der Waals surface area contributed by atoms with E-state index in [0.29, 0.717) is 24.3 Å². The number of hydrogen-bond donors (Lipinski definition) is 1. The molecule has 3 aromatic carbocycles. The fraction of sp³-hybridized carbons (Fsp3) is 0.231. The summed E-state index contributed by atoms with van der Waals surface area (Å²) in [6.07, 6.45) is 1.38. The number of hydrogen-bond acceptors (Lipinski definition) is 4. The van der Waals surface area contributed by atoms with Crippen molar-refractivity contribution in [2.75, 3.05) is 18.2 Å². The number of carbonyl (C=O) groups is 2. The molecule has 0 atom stereocenters. The van der Waals surface area contributed by atoms with E-state index in [9.17, 15) is 9.59 Å². The summed E-state index contributed by atoms with van der Waals surface area (Å²) in [5.41, 5.74) is 5.89. The van der Waals surface area contributed by atoms with Gasteiger partial charge in [-0.05, 0) is 65.1 Å². The predicted octanol–water partition coefficient (Wildman–Crippen LogP) is 4.31. The lowest BCUT2D eigenvalue weighted by Gasteiger charge is -2.16. The van der Waals surface area contributed by atoms with Gasteiger partial charge in [0.25, 0.3) is 5.91 Å². The van der Waals surface area contributed by atoms with Crippen LogP contribution >= 0.6 is 0 Å². The van der Waals surface area contributed by atoms with Crippen LogP contribution in [0.5, 0.6) is 11.5 Å². The zero-order valence-electron chi connectivity index (χ0n) is 17.9. The molecule has 162 valence electrons. The van der Waals surface area contributed by atoms with Gasteiger partial charge in [-0.2, -0.15) is 0 Å². The molecular formula is C26H24N2O4. The average molecular weight is 428 g/mol. The van der Waals surface area contributed by atoms with Crippen LogP contribution in [0.4, 0.5) is 5.69 Å². The maximum Gasteiger partial charge on any atom is 0.251 e. The van der Waals surface area contributed by atoms with Gasteiger partial charge < -0.3 is 19.7 Å². The molecule has 0 saturated heterocycles. The Kier molecular flexibility index (Phi) is 5.27. The number of nitrogens with one attached hydrogen (secondary N) is 1. The molecule has 0 unspecified atom stereocenters. The molecule has 0 aromatic heterocycles. The zero-order valence-corrected chi connectivity index (χ0v) is 17.9. The molecule has 0 bridgehead atoms. The second kappa shape index (κ2) is 8.38. The number of anilines is 1. The molecule has 32 heavy (non-hydrogen) atoms. The highest BCUT2D eigenvalue weighted by Crippen LogP contribution is 2.33. The number of benzene rings is 3. The molecular weight excluding hydrogens is 404 g/mol. The minimum absolute atomic E-state index is 0.128. The number of fused-ring (bicyclic) bond motifs is 2. The second-order valence-electron chi connectivity index (χ2n) is 7.94. The molecule has 0 radical (unpaired) electrons. The number of ether oxygens (including phenoxy) is 2. The third-order valence-corrected chi connectivity index (χ3v) is 5.95. The van der Waals surface area contributed by atoms with Gasteiger partial charge in [0.15, 0.2) is 11.5 Å². The van der Waals surface area contributed by atoms with E-state index in [-0.39, 0.29) is 18.6 Å². The Hall–Kier alpha value is -3.80. The summed E-state index contributed by atoms with van der Waals surface area (Å²) < 4.78 is 10.7. The summed E-state index contributed by atoms with van der Waals surface area (Å²) in [7, 11) is 0. The molecule has 6 nitrogen and oxygen atoms in total. The summed E-state index contributed by atoms with van der Waals surface area (Å²) in [6.45, 7) is 3.28. The van der Waals surface area contributed by atoms with E-state index in [4.69, 9.17) is 9.47 Å². The minimum Gasteiger partial charge on any atom is -0.454 e. The van der Waals surface area contributed by atoms with Gasteiger partial charge in [-0.15, -0.1) is 0 Å². The Balaban J connectivity index is 1.25. The molecule has 0 aliphatic carbocycles. The van der Waals surface area contributed by atoms with Gasteiger partial charge in [0.1, 0.15) is 0 Å². The van der Waals surface area contributed by atoms with E-state index in [1.807, 2.05) is 66.4 Å². The van der Waals surface area contributed by atoms with Crippen molar-refractivity contribution in [3.05, 3.63) is 77.4 Å². The lowest BCUT2D eigenvalue weighted by molar-refractivity contribution is -0.118. The molecule has 3 aromatic rings. The van der Waals surface area contributed by atoms with Crippen LogP contribution in [-0.2, 0) is 17.8 Å². The smallest absolute Gasteiger partial charge is 0.251 e. The van der Waals surface area contributed by atoms with E-state index in [1.165, 1.54) is 5.56 Å². The normalized spacial score (nSPS) is 13.7. The molecule has 0 saturated carbocycles. The summed E-state index contributed by atoms with van der Waals surface area (Å²) >= 11 is 0. The van der Waals surface area contributed by atoms with Crippen LogP contribution in [0.2, 0.25) is 0 Å². The molecule has 6 heteroatoms. The van der Waals surface area contributed by atoms with E-state index in [0.717, 1.165) is 41.1 Å². The number of rotatable bonds is 5. The standard InChI is InChI=1S/C26H24N2O4/c1-2-25(29)28-12-11-21-14-20(8-9-22(21)28)18-4-6-19(7-5-18)26(30)27-15-17-3-10-23-24(13-17)32-16-31-23/h3-10,13-14H,2,11-12,15-16H2,1H3,(H,27,30). The Bertz CT molecular complexity index is 1190. The Morgan fingerprint density at radius 1 is 0.938 bits per heavy atom. The molecule has 0 spiro atoms. The van der Waals surface area contributed by atoms with Crippen molar-refractivity contribution in [3.63, 3.8) is 0 Å². The van der Waals surface area contributed by atoms with Crippen molar-refractivity contribution in [3.8, 4) is 22.6 Å². The highest BCUT2D eigenvalue weighted by atomic mass is 16.7. The minimum atomic E-state index is -0.128. The fourth-order valence-electron chi connectivity index (χ4n) is 4.18. The molecule has 0 fully saturated rings. The molecule has 2 heterocycles. The number of nitrogens with zero attached hydrogens (tertiary/aromatic N) is 1. The summed E-state index contributed by atoms with van der Waals surface area (Å²) in [4.78, 5) is 26.5. The van der Waals surface area contributed by atoms with Gasteiger partial charge in [0, 0.05) is 30.8 Å². The van der Waals surface area contributed by atoms with Crippen molar-refractivity contribution >= 4 is 17.5 Å². The molecule has 5 rings (SSSR count). The largest absolute Gasteiger partial charge is 0.454 e. The Morgan fingerprint density at radius 2 is 1.72 bits per heavy atom. The summed E-state index contributed by atoms with van der Waals surface area (Å²) in [5.74, 6) is 1.47. The van der Waals surface area contributed by atoms with Crippen LogP contribution in [0, 0.1) is 0 Å². The van der Waals surface area contributed by atoms with Gasteiger partial charge in [-0.3, -0.25) is 9.59 Å². The number of amides is 2. The van der Waals surface area contributed by atoms with Crippen molar-refractivity contribution in [1.29, 1.82) is 0 Å². The van der Waals surface area contributed by atoms with Crippen molar-refractivity contribution in [2.24, 2.45) is 0 Å². The van der Waals surface area contributed by atoms with Gasteiger partial charge >= 0.3 is 0 Å². The third kappa shape index (κ3) is 3.80. The molecule has 2 aliphatic rings. The average Bonchev–Trinajstić information content (AvgIpc) is 3.48. The fourth-order valence-corrected chi connectivity index (χ4v) is 4.18. The molecule has 2 amide bonds. The maximum atomic E-state index is 12.6. The Morgan fingerprint density at radius 3 is 2.53 bits per heavy atom. The van der Waals surface area contributed by atoms with E-state index >= 15 is 0 Å². The van der Waals surface area contributed by atoms with Crippen LogP contribution in [0.25, 0.3) is 11.1 Å². The Labute approximate surface area is 186 Å². The first-order valence-corrected chi connectivity index (χ1v) is 10.8. The summed E-state index contributed by atoms with van der Waals surface area (Å²) in [5, 5.41) is 2.95. The molecule has 1 N–H and O–H groups in total. The van der Waals surface area contributed by atoms with E-state index < -0.39 is 0 Å². The van der Waals surface area contributed by atoms with Crippen LogP contribution in [-0.4, -0.2) is 25.2 Å². The maximum absolute atomic E-state index is 12.6. The van der Waals surface area contributed by atoms with Gasteiger partial charge in [0.2, 0.25) is 12.7 Å². The predicted molar refractivity (Wildman–Crippen MR) is 122 cm³/mol.